The third-order valence-electron chi connectivity index (χ3n) is 2.49. The Hall–Kier alpha value is -1.06. The van der Waals surface area contributed by atoms with Gasteiger partial charge in [0.05, 0.1) is 12.7 Å². The first-order chi connectivity index (χ1) is 7.65. The molecule has 0 saturated carbocycles. The van der Waals surface area contributed by atoms with Gasteiger partial charge in [-0.15, -0.1) is 0 Å². The lowest BCUT2D eigenvalue weighted by molar-refractivity contribution is 0.199. The number of benzene rings is 1. The van der Waals surface area contributed by atoms with Crippen molar-refractivity contribution in [2.24, 2.45) is 0 Å². The van der Waals surface area contributed by atoms with Crippen LogP contribution >= 0.6 is 0 Å². The first kappa shape index (κ1) is 13.0. The fourth-order valence-electron chi connectivity index (χ4n) is 1.49. The summed E-state index contributed by atoms with van der Waals surface area (Å²) in [6.45, 7) is 4.54. The summed E-state index contributed by atoms with van der Waals surface area (Å²) >= 11 is 0. The molecule has 0 aliphatic rings. The summed E-state index contributed by atoms with van der Waals surface area (Å²) in [4.78, 5) is 0. The van der Waals surface area contributed by atoms with Gasteiger partial charge in [0.1, 0.15) is 5.75 Å². The zero-order chi connectivity index (χ0) is 12.0. The van der Waals surface area contributed by atoms with E-state index in [1.165, 1.54) is 0 Å². The van der Waals surface area contributed by atoms with E-state index in [0.717, 1.165) is 29.7 Å². The summed E-state index contributed by atoms with van der Waals surface area (Å²) in [5.74, 6) is 0.849. The molecule has 0 fully saturated rings. The molecule has 1 atom stereocenters. The summed E-state index contributed by atoms with van der Waals surface area (Å²) in [6.07, 6.45) is 1.18. The highest BCUT2D eigenvalue weighted by Crippen LogP contribution is 2.22. The lowest BCUT2D eigenvalue weighted by Gasteiger charge is -2.11. The van der Waals surface area contributed by atoms with Crippen LogP contribution in [0.3, 0.4) is 0 Å². The number of rotatable bonds is 6. The molecule has 3 heteroatoms. The highest BCUT2D eigenvalue weighted by Gasteiger charge is 2.04. The number of hydrogen-bond acceptors (Lipinski definition) is 3. The molecule has 0 heterocycles. The minimum absolute atomic E-state index is 0.212. The third kappa shape index (κ3) is 3.83. The van der Waals surface area contributed by atoms with Crippen LogP contribution in [0.2, 0.25) is 0 Å². The van der Waals surface area contributed by atoms with Gasteiger partial charge in [0, 0.05) is 6.61 Å². The standard InChI is InChI=1S/C13H20O3/c1-10-9-12(11(2)15)5-6-13(10)16-8-4-3-7-14/h5-6,9,11,14-15H,3-4,7-8H2,1-2H3/t11-/m1/s1. The van der Waals surface area contributed by atoms with Gasteiger partial charge in [-0.3, -0.25) is 0 Å². The molecular formula is C13H20O3. The van der Waals surface area contributed by atoms with Crippen LogP contribution in [0.1, 0.15) is 37.0 Å². The zero-order valence-corrected chi connectivity index (χ0v) is 9.94. The Balaban J connectivity index is 2.54. The van der Waals surface area contributed by atoms with Gasteiger partial charge in [0.15, 0.2) is 0 Å². The molecule has 16 heavy (non-hydrogen) atoms. The van der Waals surface area contributed by atoms with Crippen molar-refractivity contribution in [3.63, 3.8) is 0 Å². The number of unbranched alkanes of at least 4 members (excludes halogenated alkanes) is 1. The van der Waals surface area contributed by atoms with Crippen LogP contribution in [0, 0.1) is 6.92 Å². The highest BCUT2D eigenvalue weighted by molar-refractivity contribution is 5.36. The van der Waals surface area contributed by atoms with Gasteiger partial charge in [-0.1, -0.05) is 6.07 Å². The zero-order valence-electron chi connectivity index (χ0n) is 9.94. The SMILES string of the molecule is Cc1cc([C@@H](C)O)ccc1OCCCCO. The Kier molecular flexibility index (Phi) is 5.29. The van der Waals surface area contributed by atoms with Crippen molar-refractivity contribution < 1.29 is 14.9 Å². The van der Waals surface area contributed by atoms with E-state index in [9.17, 15) is 5.11 Å². The third-order valence-corrected chi connectivity index (χ3v) is 2.49. The van der Waals surface area contributed by atoms with Gasteiger partial charge in [-0.2, -0.15) is 0 Å². The van der Waals surface area contributed by atoms with Crippen LogP contribution in [0.15, 0.2) is 18.2 Å². The molecule has 90 valence electrons. The van der Waals surface area contributed by atoms with E-state index < -0.39 is 6.10 Å². The largest absolute Gasteiger partial charge is 0.493 e. The lowest BCUT2D eigenvalue weighted by atomic mass is 10.1. The van der Waals surface area contributed by atoms with E-state index in [-0.39, 0.29) is 6.61 Å². The average Bonchev–Trinajstić information content (AvgIpc) is 2.26. The van der Waals surface area contributed by atoms with E-state index in [1.54, 1.807) is 6.92 Å². The predicted octanol–water partition coefficient (Wildman–Crippen LogP) is 2.20. The second-order valence-corrected chi connectivity index (χ2v) is 3.98. The maximum Gasteiger partial charge on any atom is 0.122 e. The van der Waals surface area contributed by atoms with E-state index >= 15 is 0 Å². The number of aryl methyl sites for hydroxylation is 1. The van der Waals surface area contributed by atoms with Gasteiger partial charge in [0.25, 0.3) is 0 Å². The Morgan fingerprint density at radius 3 is 2.62 bits per heavy atom. The summed E-state index contributed by atoms with van der Waals surface area (Å²) < 4.78 is 5.58. The summed E-state index contributed by atoms with van der Waals surface area (Å²) in [5.41, 5.74) is 1.93. The number of aliphatic hydroxyl groups excluding tert-OH is 2. The monoisotopic (exact) mass is 224 g/mol. The molecule has 0 saturated heterocycles. The average molecular weight is 224 g/mol. The van der Waals surface area contributed by atoms with Crippen LogP contribution < -0.4 is 4.74 Å². The first-order valence-corrected chi connectivity index (χ1v) is 5.67. The Bertz CT molecular complexity index is 321. The van der Waals surface area contributed by atoms with Crippen LogP contribution in [0.5, 0.6) is 5.75 Å². The van der Waals surface area contributed by atoms with Crippen molar-refractivity contribution in [2.75, 3.05) is 13.2 Å². The summed E-state index contributed by atoms with van der Waals surface area (Å²) in [5, 5.41) is 18.0. The Morgan fingerprint density at radius 2 is 2.06 bits per heavy atom. The molecule has 0 spiro atoms. The van der Waals surface area contributed by atoms with Crippen molar-refractivity contribution in [1.29, 1.82) is 0 Å². The van der Waals surface area contributed by atoms with Crippen LogP contribution in [-0.2, 0) is 0 Å². The Morgan fingerprint density at radius 1 is 1.31 bits per heavy atom. The van der Waals surface area contributed by atoms with E-state index in [2.05, 4.69) is 0 Å². The molecule has 0 bridgehead atoms. The molecular weight excluding hydrogens is 204 g/mol. The van der Waals surface area contributed by atoms with Gasteiger partial charge in [-0.25, -0.2) is 0 Å². The van der Waals surface area contributed by atoms with E-state index in [4.69, 9.17) is 9.84 Å². The lowest BCUT2D eigenvalue weighted by Crippen LogP contribution is -2.01. The molecule has 3 nitrogen and oxygen atoms in total. The van der Waals surface area contributed by atoms with Crippen molar-refractivity contribution in [1.82, 2.24) is 0 Å². The first-order valence-electron chi connectivity index (χ1n) is 5.67. The van der Waals surface area contributed by atoms with Crippen LogP contribution in [-0.4, -0.2) is 23.4 Å². The molecule has 2 N–H and O–H groups in total. The van der Waals surface area contributed by atoms with Crippen LogP contribution in [0.4, 0.5) is 0 Å². The topological polar surface area (TPSA) is 49.7 Å². The molecule has 0 radical (unpaired) electrons. The Labute approximate surface area is 96.7 Å². The molecule has 1 aromatic carbocycles. The van der Waals surface area contributed by atoms with E-state index in [0.29, 0.717) is 6.61 Å². The second kappa shape index (κ2) is 6.51. The molecule has 0 unspecified atom stereocenters. The minimum atomic E-state index is -0.442. The van der Waals surface area contributed by atoms with Crippen molar-refractivity contribution in [3.05, 3.63) is 29.3 Å². The van der Waals surface area contributed by atoms with Gasteiger partial charge in [-0.05, 0) is 49.9 Å². The van der Waals surface area contributed by atoms with Gasteiger partial charge < -0.3 is 14.9 Å². The molecule has 0 amide bonds. The fraction of sp³-hybridized carbons (Fsp3) is 0.538. The summed E-state index contributed by atoms with van der Waals surface area (Å²) in [6, 6.07) is 5.70. The fourth-order valence-corrected chi connectivity index (χ4v) is 1.49. The van der Waals surface area contributed by atoms with Crippen LogP contribution in [0.25, 0.3) is 0 Å². The van der Waals surface area contributed by atoms with Crippen molar-refractivity contribution in [2.45, 2.75) is 32.8 Å². The second-order valence-electron chi connectivity index (χ2n) is 3.98. The molecule has 0 aliphatic carbocycles. The number of ether oxygens (including phenoxy) is 1. The van der Waals surface area contributed by atoms with E-state index in [1.807, 2.05) is 25.1 Å². The minimum Gasteiger partial charge on any atom is -0.493 e. The maximum atomic E-state index is 9.42. The highest BCUT2D eigenvalue weighted by atomic mass is 16.5. The summed E-state index contributed by atoms with van der Waals surface area (Å²) in [7, 11) is 0. The molecule has 0 aliphatic heterocycles. The molecule has 1 aromatic rings. The van der Waals surface area contributed by atoms with Crippen molar-refractivity contribution in [3.8, 4) is 5.75 Å². The smallest absolute Gasteiger partial charge is 0.122 e. The molecule has 0 aromatic heterocycles. The normalized spacial score (nSPS) is 12.5. The van der Waals surface area contributed by atoms with Gasteiger partial charge in [0.2, 0.25) is 0 Å². The number of aliphatic hydroxyl groups is 2. The van der Waals surface area contributed by atoms with Gasteiger partial charge >= 0.3 is 0 Å². The maximum absolute atomic E-state index is 9.42. The number of hydrogen-bond donors (Lipinski definition) is 2. The van der Waals surface area contributed by atoms with Crippen molar-refractivity contribution >= 4 is 0 Å². The quantitative estimate of drug-likeness (QED) is 0.728. The molecule has 1 rings (SSSR count). The predicted molar refractivity (Wildman–Crippen MR) is 63.6 cm³/mol.